The molecule has 1 amide bonds. The van der Waals surface area contributed by atoms with Crippen LogP contribution < -0.4 is 10.2 Å². The number of carbonyl (C=O) groups is 1. The average molecular weight is 232 g/mol. The Morgan fingerprint density at radius 1 is 1.29 bits per heavy atom. The fraction of sp³-hybridized carbons (Fsp3) is 0.357. The Hall–Kier alpha value is -1.77. The predicted molar refractivity (Wildman–Crippen MR) is 72.5 cm³/mol. The highest BCUT2D eigenvalue weighted by Gasteiger charge is 2.05. The minimum absolute atomic E-state index is 0.0593. The van der Waals surface area contributed by atoms with Gasteiger partial charge in [0.1, 0.15) is 0 Å². The summed E-state index contributed by atoms with van der Waals surface area (Å²) in [5.74, 6) is -0.0593. The topological polar surface area (TPSA) is 32.3 Å². The maximum absolute atomic E-state index is 11.7. The molecule has 0 aromatic heterocycles. The van der Waals surface area contributed by atoms with Crippen LogP contribution in [0.4, 0.5) is 5.69 Å². The molecule has 0 aliphatic heterocycles. The summed E-state index contributed by atoms with van der Waals surface area (Å²) in [5.41, 5.74) is 1.83. The van der Waals surface area contributed by atoms with Gasteiger partial charge in [0.25, 0.3) is 5.91 Å². The van der Waals surface area contributed by atoms with Crippen LogP contribution in [0.3, 0.4) is 0 Å². The van der Waals surface area contributed by atoms with Crippen LogP contribution in [-0.4, -0.2) is 25.5 Å². The van der Waals surface area contributed by atoms with Crippen molar-refractivity contribution in [3.63, 3.8) is 0 Å². The first kappa shape index (κ1) is 13.3. The van der Waals surface area contributed by atoms with Crippen LogP contribution in [-0.2, 0) is 0 Å². The van der Waals surface area contributed by atoms with E-state index in [-0.39, 0.29) is 5.91 Å². The van der Waals surface area contributed by atoms with Crippen molar-refractivity contribution in [3.05, 3.63) is 42.5 Å². The zero-order valence-electron chi connectivity index (χ0n) is 10.6. The smallest absolute Gasteiger partial charge is 0.251 e. The van der Waals surface area contributed by atoms with E-state index < -0.39 is 0 Å². The van der Waals surface area contributed by atoms with Crippen molar-refractivity contribution in [1.29, 1.82) is 0 Å². The second-order valence-corrected chi connectivity index (χ2v) is 3.72. The molecule has 0 radical (unpaired) electrons. The van der Waals surface area contributed by atoms with Gasteiger partial charge in [-0.1, -0.05) is 6.08 Å². The van der Waals surface area contributed by atoms with E-state index >= 15 is 0 Å². The Bertz CT molecular complexity index is 366. The van der Waals surface area contributed by atoms with E-state index in [2.05, 4.69) is 30.6 Å². The van der Waals surface area contributed by atoms with E-state index in [0.717, 1.165) is 18.8 Å². The molecule has 0 bridgehead atoms. The van der Waals surface area contributed by atoms with Gasteiger partial charge in [-0.3, -0.25) is 4.79 Å². The molecular formula is C14H20N2O. The summed E-state index contributed by atoms with van der Waals surface area (Å²) in [5, 5.41) is 2.75. The highest BCUT2D eigenvalue weighted by Crippen LogP contribution is 2.14. The van der Waals surface area contributed by atoms with Crippen molar-refractivity contribution in [1.82, 2.24) is 5.32 Å². The van der Waals surface area contributed by atoms with Gasteiger partial charge < -0.3 is 10.2 Å². The van der Waals surface area contributed by atoms with E-state index in [4.69, 9.17) is 0 Å². The first-order chi connectivity index (χ1) is 8.22. The van der Waals surface area contributed by atoms with Crippen molar-refractivity contribution < 1.29 is 4.79 Å². The molecule has 92 valence electrons. The van der Waals surface area contributed by atoms with Crippen molar-refractivity contribution in [2.75, 3.05) is 24.5 Å². The van der Waals surface area contributed by atoms with Gasteiger partial charge in [0.05, 0.1) is 0 Å². The first-order valence-corrected chi connectivity index (χ1v) is 5.97. The molecule has 0 aliphatic rings. The standard InChI is InChI=1S/C14H20N2O/c1-4-11-15-14(17)12-7-9-13(10-8-12)16(5-2)6-3/h4,7-10H,1,5-6,11H2,2-3H3,(H,15,17). The molecule has 3 heteroatoms. The lowest BCUT2D eigenvalue weighted by Crippen LogP contribution is -2.24. The second kappa shape index (κ2) is 6.74. The van der Waals surface area contributed by atoms with Crippen LogP contribution in [0, 0.1) is 0 Å². The molecule has 0 unspecified atom stereocenters. The third-order valence-corrected chi connectivity index (χ3v) is 2.67. The van der Waals surface area contributed by atoms with Crippen LogP contribution in [0.25, 0.3) is 0 Å². The van der Waals surface area contributed by atoms with Gasteiger partial charge in [0, 0.05) is 30.9 Å². The van der Waals surface area contributed by atoms with Crippen LogP contribution in [0.2, 0.25) is 0 Å². The number of nitrogens with one attached hydrogen (secondary N) is 1. The van der Waals surface area contributed by atoms with Crippen LogP contribution in [0.15, 0.2) is 36.9 Å². The zero-order chi connectivity index (χ0) is 12.7. The number of nitrogens with zero attached hydrogens (tertiary/aromatic N) is 1. The quantitative estimate of drug-likeness (QED) is 0.764. The summed E-state index contributed by atoms with van der Waals surface area (Å²) in [6, 6.07) is 7.67. The summed E-state index contributed by atoms with van der Waals surface area (Å²) >= 11 is 0. The number of hydrogen-bond donors (Lipinski definition) is 1. The Kier molecular flexibility index (Phi) is 5.27. The van der Waals surface area contributed by atoms with Gasteiger partial charge in [-0.2, -0.15) is 0 Å². The van der Waals surface area contributed by atoms with Gasteiger partial charge in [-0.15, -0.1) is 6.58 Å². The molecule has 3 nitrogen and oxygen atoms in total. The maximum atomic E-state index is 11.7. The van der Waals surface area contributed by atoms with Crippen LogP contribution >= 0.6 is 0 Å². The SMILES string of the molecule is C=CCNC(=O)c1ccc(N(CC)CC)cc1. The van der Waals surface area contributed by atoms with Crippen molar-refractivity contribution in [2.24, 2.45) is 0 Å². The number of anilines is 1. The molecule has 0 saturated heterocycles. The molecule has 17 heavy (non-hydrogen) atoms. The Morgan fingerprint density at radius 2 is 1.88 bits per heavy atom. The van der Waals surface area contributed by atoms with E-state index in [9.17, 15) is 4.79 Å². The number of hydrogen-bond acceptors (Lipinski definition) is 2. The second-order valence-electron chi connectivity index (χ2n) is 3.72. The molecule has 1 N–H and O–H groups in total. The highest BCUT2D eigenvalue weighted by atomic mass is 16.1. The Morgan fingerprint density at radius 3 is 2.35 bits per heavy atom. The summed E-state index contributed by atoms with van der Waals surface area (Å²) in [6.07, 6.45) is 1.67. The molecule has 0 spiro atoms. The van der Waals surface area contributed by atoms with Gasteiger partial charge in [0.15, 0.2) is 0 Å². The molecule has 0 aliphatic carbocycles. The molecule has 0 heterocycles. The number of rotatable bonds is 6. The number of amides is 1. The lowest BCUT2D eigenvalue weighted by atomic mass is 10.2. The highest BCUT2D eigenvalue weighted by molar-refractivity contribution is 5.94. The van der Waals surface area contributed by atoms with Crippen molar-refractivity contribution in [2.45, 2.75) is 13.8 Å². The van der Waals surface area contributed by atoms with E-state index in [1.165, 1.54) is 0 Å². The van der Waals surface area contributed by atoms with Gasteiger partial charge in [-0.05, 0) is 38.1 Å². The van der Waals surface area contributed by atoms with Crippen molar-refractivity contribution in [3.8, 4) is 0 Å². The lowest BCUT2D eigenvalue weighted by molar-refractivity contribution is 0.0958. The molecule has 1 aromatic rings. The van der Waals surface area contributed by atoms with Gasteiger partial charge >= 0.3 is 0 Å². The average Bonchev–Trinajstić information content (AvgIpc) is 2.38. The fourth-order valence-corrected chi connectivity index (χ4v) is 1.68. The normalized spacial score (nSPS) is 9.76. The molecule has 0 saturated carbocycles. The van der Waals surface area contributed by atoms with Crippen LogP contribution in [0.5, 0.6) is 0 Å². The number of benzene rings is 1. The number of carbonyl (C=O) groups excluding carboxylic acids is 1. The van der Waals surface area contributed by atoms with Crippen molar-refractivity contribution >= 4 is 11.6 Å². The summed E-state index contributed by atoms with van der Waals surface area (Å²) in [6.45, 7) is 10.2. The lowest BCUT2D eigenvalue weighted by Gasteiger charge is -2.21. The predicted octanol–water partition coefficient (Wildman–Crippen LogP) is 2.45. The monoisotopic (exact) mass is 232 g/mol. The Labute approximate surface area is 103 Å². The maximum Gasteiger partial charge on any atom is 0.251 e. The van der Waals surface area contributed by atoms with E-state index in [1.54, 1.807) is 6.08 Å². The molecule has 0 atom stereocenters. The van der Waals surface area contributed by atoms with Gasteiger partial charge in [-0.25, -0.2) is 0 Å². The summed E-state index contributed by atoms with van der Waals surface area (Å²) in [7, 11) is 0. The molecule has 0 fully saturated rings. The molecular weight excluding hydrogens is 212 g/mol. The zero-order valence-corrected chi connectivity index (χ0v) is 10.6. The largest absolute Gasteiger partial charge is 0.372 e. The van der Waals surface area contributed by atoms with E-state index in [0.29, 0.717) is 12.1 Å². The minimum atomic E-state index is -0.0593. The minimum Gasteiger partial charge on any atom is -0.372 e. The van der Waals surface area contributed by atoms with Gasteiger partial charge in [0.2, 0.25) is 0 Å². The Balaban J connectivity index is 2.73. The van der Waals surface area contributed by atoms with Crippen LogP contribution in [0.1, 0.15) is 24.2 Å². The fourth-order valence-electron chi connectivity index (χ4n) is 1.68. The molecule has 1 rings (SSSR count). The molecule has 1 aromatic carbocycles. The third kappa shape index (κ3) is 3.63. The van der Waals surface area contributed by atoms with E-state index in [1.807, 2.05) is 24.3 Å². The first-order valence-electron chi connectivity index (χ1n) is 5.97. The summed E-state index contributed by atoms with van der Waals surface area (Å²) < 4.78 is 0. The third-order valence-electron chi connectivity index (χ3n) is 2.67. The summed E-state index contributed by atoms with van der Waals surface area (Å²) in [4.78, 5) is 13.9.